The predicted octanol–water partition coefficient (Wildman–Crippen LogP) is -0.295. The van der Waals surface area contributed by atoms with Crippen molar-refractivity contribution in [3.05, 3.63) is 12.7 Å². The molecule has 0 aromatic rings. The first-order chi connectivity index (χ1) is 5.24. The van der Waals surface area contributed by atoms with Crippen LogP contribution >= 0.6 is 0 Å². The highest BCUT2D eigenvalue weighted by molar-refractivity contribution is 4.85. The van der Waals surface area contributed by atoms with Gasteiger partial charge in [-0.15, -0.1) is 6.58 Å². The lowest BCUT2D eigenvalue weighted by Gasteiger charge is -2.34. The summed E-state index contributed by atoms with van der Waals surface area (Å²) in [6.07, 6.45) is 1.84. The molecule has 0 aliphatic carbocycles. The number of rotatable bonds is 2. The van der Waals surface area contributed by atoms with Crippen molar-refractivity contribution >= 4 is 0 Å². The largest absolute Gasteiger partial charge is 0.312 e. The maximum Gasteiger partial charge on any atom is 0.0762 e. The van der Waals surface area contributed by atoms with E-state index in [-0.39, 0.29) is 6.17 Å². The molecule has 1 fully saturated rings. The van der Waals surface area contributed by atoms with E-state index in [1.807, 2.05) is 0 Å². The van der Waals surface area contributed by atoms with Gasteiger partial charge in [0.1, 0.15) is 0 Å². The van der Waals surface area contributed by atoms with E-state index in [2.05, 4.69) is 23.4 Å². The summed E-state index contributed by atoms with van der Waals surface area (Å²) in [5.74, 6) is 0. The predicted molar refractivity (Wildman–Crippen MR) is 47.2 cm³/mol. The van der Waals surface area contributed by atoms with E-state index in [9.17, 15) is 0 Å². The number of nitrogens with two attached hydrogens (primary N) is 1. The van der Waals surface area contributed by atoms with E-state index in [1.165, 1.54) is 0 Å². The van der Waals surface area contributed by atoms with Crippen LogP contribution in [0.25, 0.3) is 0 Å². The maximum absolute atomic E-state index is 5.78. The average Bonchev–Trinajstić information content (AvgIpc) is 2.05. The SMILES string of the molecule is C=CC(N)N1CCN(C)CC1. The van der Waals surface area contributed by atoms with E-state index < -0.39 is 0 Å². The van der Waals surface area contributed by atoms with Crippen molar-refractivity contribution in [3.8, 4) is 0 Å². The molecule has 64 valence electrons. The topological polar surface area (TPSA) is 32.5 Å². The second-order valence-electron chi connectivity index (χ2n) is 3.07. The molecule has 1 aliphatic heterocycles. The molecular weight excluding hydrogens is 138 g/mol. The molecule has 2 N–H and O–H groups in total. The van der Waals surface area contributed by atoms with Gasteiger partial charge in [0.25, 0.3) is 0 Å². The van der Waals surface area contributed by atoms with Crippen molar-refractivity contribution in [2.75, 3.05) is 33.2 Å². The number of nitrogens with zero attached hydrogens (tertiary/aromatic N) is 2. The number of hydrogen-bond donors (Lipinski definition) is 1. The third kappa shape index (κ3) is 2.29. The Balaban J connectivity index is 2.32. The number of hydrogen-bond acceptors (Lipinski definition) is 3. The third-order valence-electron chi connectivity index (χ3n) is 2.20. The van der Waals surface area contributed by atoms with Gasteiger partial charge in [-0.3, -0.25) is 4.90 Å². The minimum Gasteiger partial charge on any atom is -0.312 e. The highest BCUT2D eigenvalue weighted by atomic mass is 15.3. The fourth-order valence-corrected chi connectivity index (χ4v) is 1.27. The monoisotopic (exact) mass is 155 g/mol. The molecule has 1 aliphatic rings. The van der Waals surface area contributed by atoms with Crippen molar-refractivity contribution in [1.29, 1.82) is 0 Å². The Hall–Kier alpha value is -0.380. The smallest absolute Gasteiger partial charge is 0.0762 e. The van der Waals surface area contributed by atoms with Gasteiger partial charge in [-0.25, -0.2) is 0 Å². The summed E-state index contributed by atoms with van der Waals surface area (Å²) in [4.78, 5) is 4.55. The quantitative estimate of drug-likeness (QED) is 0.556. The van der Waals surface area contributed by atoms with Gasteiger partial charge in [-0.2, -0.15) is 0 Å². The van der Waals surface area contributed by atoms with Gasteiger partial charge >= 0.3 is 0 Å². The summed E-state index contributed by atoms with van der Waals surface area (Å²) in [5.41, 5.74) is 5.78. The molecule has 0 saturated carbocycles. The van der Waals surface area contributed by atoms with Crippen molar-refractivity contribution < 1.29 is 0 Å². The van der Waals surface area contributed by atoms with Crippen molar-refractivity contribution in [1.82, 2.24) is 9.80 Å². The van der Waals surface area contributed by atoms with Crippen molar-refractivity contribution in [3.63, 3.8) is 0 Å². The van der Waals surface area contributed by atoms with E-state index in [0.29, 0.717) is 0 Å². The summed E-state index contributed by atoms with van der Waals surface area (Å²) in [5, 5.41) is 0. The Morgan fingerprint density at radius 2 is 1.91 bits per heavy atom. The Kier molecular flexibility index (Phi) is 3.05. The maximum atomic E-state index is 5.78. The Bertz CT molecular complexity index is 127. The molecule has 0 aromatic heterocycles. The lowest BCUT2D eigenvalue weighted by molar-refractivity contribution is 0.132. The van der Waals surface area contributed by atoms with Crippen molar-refractivity contribution in [2.45, 2.75) is 6.17 Å². The molecule has 0 amide bonds. The van der Waals surface area contributed by atoms with Gasteiger partial charge in [0.05, 0.1) is 6.17 Å². The number of piperazine rings is 1. The van der Waals surface area contributed by atoms with Crippen LogP contribution in [0.2, 0.25) is 0 Å². The summed E-state index contributed by atoms with van der Waals surface area (Å²) in [7, 11) is 2.14. The minimum atomic E-state index is 0.0451. The lowest BCUT2D eigenvalue weighted by Crippen LogP contribution is -2.51. The first-order valence-electron chi connectivity index (χ1n) is 4.05. The van der Waals surface area contributed by atoms with Crippen LogP contribution in [0, 0.1) is 0 Å². The zero-order valence-electron chi connectivity index (χ0n) is 7.16. The normalized spacial score (nSPS) is 24.9. The molecule has 3 heteroatoms. The molecule has 1 atom stereocenters. The van der Waals surface area contributed by atoms with Gasteiger partial charge in [-0.05, 0) is 7.05 Å². The summed E-state index contributed by atoms with van der Waals surface area (Å²) >= 11 is 0. The fourth-order valence-electron chi connectivity index (χ4n) is 1.27. The summed E-state index contributed by atoms with van der Waals surface area (Å²) in [6, 6.07) is 0. The minimum absolute atomic E-state index is 0.0451. The van der Waals surface area contributed by atoms with Crippen molar-refractivity contribution in [2.24, 2.45) is 5.73 Å². The van der Waals surface area contributed by atoms with Gasteiger partial charge in [-0.1, -0.05) is 6.08 Å². The van der Waals surface area contributed by atoms with Crippen LogP contribution < -0.4 is 5.73 Å². The molecule has 1 saturated heterocycles. The Morgan fingerprint density at radius 1 is 1.36 bits per heavy atom. The molecule has 0 radical (unpaired) electrons. The molecule has 0 aromatic carbocycles. The second-order valence-corrected chi connectivity index (χ2v) is 3.07. The first kappa shape index (κ1) is 8.71. The van der Waals surface area contributed by atoms with Gasteiger partial charge in [0, 0.05) is 26.2 Å². The fraction of sp³-hybridized carbons (Fsp3) is 0.750. The average molecular weight is 155 g/mol. The van der Waals surface area contributed by atoms with Gasteiger partial charge < -0.3 is 10.6 Å². The second kappa shape index (κ2) is 3.85. The summed E-state index contributed by atoms with van der Waals surface area (Å²) in [6.45, 7) is 8.02. The van der Waals surface area contributed by atoms with Crippen LogP contribution in [-0.4, -0.2) is 49.2 Å². The zero-order chi connectivity index (χ0) is 8.27. The highest BCUT2D eigenvalue weighted by Gasteiger charge is 2.16. The Labute approximate surface area is 68.5 Å². The van der Waals surface area contributed by atoms with Crippen LogP contribution in [0.4, 0.5) is 0 Å². The van der Waals surface area contributed by atoms with Crippen LogP contribution in [0.3, 0.4) is 0 Å². The molecule has 0 spiro atoms. The summed E-state index contributed by atoms with van der Waals surface area (Å²) < 4.78 is 0. The highest BCUT2D eigenvalue weighted by Crippen LogP contribution is 2.01. The van der Waals surface area contributed by atoms with E-state index in [0.717, 1.165) is 26.2 Å². The lowest BCUT2D eigenvalue weighted by atomic mass is 10.3. The van der Waals surface area contributed by atoms with Crippen LogP contribution in [-0.2, 0) is 0 Å². The van der Waals surface area contributed by atoms with E-state index in [1.54, 1.807) is 6.08 Å². The molecule has 3 nitrogen and oxygen atoms in total. The van der Waals surface area contributed by atoms with E-state index >= 15 is 0 Å². The van der Waals surface area contributed by atoms with Gasteiger partial charge in [0.15, 0.2) is 0 Å². The molecule has 1 unspecified atom stereocenters. The number of likely N-dealkylation sites (N-methyl/N-ethyl adjacent to an activating group) is 1. The first-order valence-corrected chi connectivity index (χ1v) is 4.05. The molecule has 1 heterocycles. The Morgan fingerprint density at radius 3 is 2.36 bits per heavy atom. The van der Waals surface area contributed by atoms with E-state index in [4.69, 9.17) is 5.73 Å². The van der Waals surface area contributed by atoms with Crippen LogP contribution in [0.5, 0.6) is 0 Å². The molecular formula is C8H17N3. The molecule has 11 heavy (non-hydrogen) atoms. The van der Waals surface area contributed by atoms with Gasteiger partial charge in [0.2, 0.25) is 0 Å². The standard InChI is InChI=1S/C8H17N3/c1-3-8(9)11-6-4-10(2)5-7-11/h3,8H,1,4-7,9H2,2H3. The van der Waals surface area contributed by atoms with Crippen LogP contribution in [0.1, 0.15) is 0 Å². The molecule has 0 bridgehead atoms. The molecule has 1 rings (SSSR count). The van der Waals surface area contributed by atoms with Crippen LogP contribution in [0.15, 0.2) is 12.7 Å². The zero-order valence-corrected chi connectivity index (χ0v) is 7.16. The third-order valence-corrected chi connectivity index (χ3v) is 2.20.